The highest BCUT2D eigenvalue weighted by atomic mass is 19.3. The molecule has 2 fully saturated rings. The van der Waals surface area contributed by atoms with Crippen LogP contribution in [0.2, 0.25) is 0 Å². The van der Waals surface area contributed by atoms with Crippen molar-refractivity contribution in [3.05, 3.63) is 47.1 Å². The number of hydrogen-bond donors (Lipinski definition) is 1. The van der Waals surface area contributed by atoms with Gasteiger partial charge >= 0.3 is 0 Å². The molecule has 0 radical (unpaired) electrons. The fourth-order valence-electron chi connectivity index (χ4n) is 3.35. The van der Waals surface area contributed by atoms with E-state index in [4.69, 9.17) is 4.52 Å². The van der Waals surface area contributed by atoms with Gasteiger partial charge in [0.25, 0.3) is 5.92 Å². The topological polar surface area (TPSA) is 51.0 Å². The van der Waals surface area contributed by atoms with Crippen molar-refractivity contribution in [2.75, 3.05) is 13.1 Å². The summed E-state index contributed by atoms with van der Waals surface area (Å²) in [5.74, 6) is -0.337. The minimum Gasteiger partial charge on any atom is -0.339 e. The van der Waals surface area contributed by atoms with Gasteiger partial charge in [-0.2, -0.15) is 4.98 Å². The van der Waals surface area contributed by atoms with Crippen LogP contribution in [0, 0.1) is 0 Å². The normalized spacial score (nSPS) is 25.0. The SMILES string of the molecule is CC(F)(F)c1ccc(C2CNCC(c3nc(C4CC4)no3)C2)cc1. The summed E-state index contributed by atoms with van der Waals surface area (Å²) in [6.45, 7) is 2.57. The molecule has 2 atom stereocenters. The first kappa shape index (κ1) is 15.7. The third kappa shape index (κ3) is 3.20. The minimum absolute atomic E-state index is 0.0533. The van der Waals surface area contributed by atoms with Gasteiger partial charge in [0.2, 0.25) is 5.89 Å². The van der Waals surface area contributed by atoms with Crippen molar-refractivity contribution in [1.29, 1.82) is 0 Å². The first-order chi connectivity index (χ1) is 11.5. The molecule has 2 unspecified atom stereocenters. The molecule has 4 nitrogen and oxygen atoms in total. The molecule has 0 spiro atoms. The van der Waals surface area contributed by atoms with Gasteiger partial charge in [-0.05, 0) is 30.7 Å². The van der Waals surface area contributed by atoms with Crippen molar-refractivity contribution < 1.29 is 13.3 Å². The number of halogens is 2. The molecular weight excluding hydrogens is 312 g/mol. The van der Waals surface area contributed by atoms with Crippen molar-refractivity contribution in [3.63, 3.8) is 0 Å². The largest absolute Gasteiger partial charge is 0.339 e. The van der Waals surface area contributed by atoms with E-state index in [1.165, 1.54) is 12.1 Å². The Balaban J connectivity index is 1.47. The Kier molecular flexibility index (Phi) is 3.87. The van der Waals surface area contributed by atoms with E-state index < -0.39 is 5.92 Å². The summed E-state index contributed by atoms with van der Waals surface area (Å²) in [7, 11) is 0. The molecule has 1 N–H and O–H groups in total. The van der Waals surface area contributed by atoms with E-state index in [1.807, 2.05) is 12.1 Å². The zero-order valence-electron chi connectivity index (χ0n) is 13.6. The van der Waals surface area contributed by atoms with Crippen molar-refractivity contribution in [3.8, 4) is 0 Å². The first-order valence-corrected chi connectivity index (χ1v) is 8.53. The van der Waals surface area contributed by atoms with Gasteiger partial charge in [-0.25, -0.2) is 8.78 Å². The molecule has 6 heteroatoms. The maximum Gasteiger partial charge on any atom is 0.270 e. The van der Waals surface area contributed by atoms with Gasteiger partial charge in [0.05, 0.1) is 5.92 Å². The fourth-order valence-corrected chi connectivity index (χ4v) is 3.35. The second-order valence-corrected chi connectivity index (χ2v) is 7.06. The second kappa shape index (κ2) is 5.92. The van der Waals surface area contributed by atoms with Crippen LogP contribution in [0.15, 0.2) is 28.8 Å². The van der Waals surface area contributed by atoms with Crippen LogP contribution in [0.5, 0.6) is 0 Å². The fraction of sp³-hybridized carbons (Fsp3) is 0.556. The maximum absolute atomic E-state index is 13.3. The molecule has 1 saturated heterocycles. The summed E-state index contributed by atoms with van der Waals surface area (Å²) < 4.78 is 32.1. The lowest BCUT2D eigenvalue weighted by Crippen LogP contribution is -2.34. The summed E-state index contributed by atoms with van der Waals surface area (Å²) in [6.07, 6.45) is 3.19. The van der Waals surface area contributed by atoms with E-state index in [-0.39, 0.29) is 17.4 Å². The highest BCUT2D eigenvalue weighted by molar-refractivity contribution is 5.29. The summed E-state index contributed by atoms with van der Waals surface area (Å²) in [4.78, 5) is 4.55. The lowest BCUT2D eigenvalue weighted by Gasteiger charge is -2.28. The van der Waals surface area contributed by atoms with Gasteiger partial charge < -0.3 is 9.84 Å². The van der Waals surface area contributed by atoms with Crippen molar-refractivity contribution in [2.45, 2.75) is 49.9 Å². The van der Waals surface area contributed by atoms with E-state index >= 15 is 0 Å². The predicted molar refractivity (Wildman–Crippen MR) is 85.3 cm³/mol. The number of rotatable bonds is 4. The average Bonchev–Trinajstić information content (AvgIpc) is 3.31. The molecule has 1 aliphatic carbocycles. The van der Waals surface area contributed by atoms with Gasteiger partial charge in [0, 0.05) is 31.5 Å². The molecule has 1 aromatic heterocycles. The predicted octanol–water partition coefficient (Wildman–Crippen LogP) is 3.92. The molecule has 0 amide bonds. The van der Waals surface area contributed by atoms with Crippen LogP contribution in [0.1, 0.15) is 66.8 Å². The number of aromatic nitrogens is 2. The summed E-state index contributed by atoms with van der Waals surface area (Å²) in [5, 5.41) is 7.50. The Morgan fingerprint density at radius 1 is 1.08 bits per heavy atom. The van der Waals surface area contributed by atoms with E-state index in [9.17, 15) is 8.78 Å². The summed E-state index contributed by atoms with van der Waals surface area (Å²) in [5.41, 5.74) is 1.12. The van der Waals surface area contributed by atoms with Crippen LogP contribution < -0.4 is 5.32 Å². The van der Waals surface area contributed by atoms with Gasteiger partial charge in [0.15, 0.2) is 5.82 Å². The molecule has 2 aliphatic rings. The van der Waals surface area contributed by atoms with E-state index in [1.54, 1.807) is 0 Å². The van der Waals surface area contributed by atoms with Crippen LogP contribution in [0.4, 0.5) is 8.78 Å². The lowest BCUT2D eigenvalue weighted by molar-refractivity contribution is 0.0174. The Bertz CT molecular complexity index is 704. The van der Waals surface area contributed by atoms with Crippen molar-refractivity contribution in [1.82, 2.24) is 15.5 Å². The number of nitrogens with zero attached hydrogens (tertiary/aromatic N) is 2. The van der Waals surface area contributed by atoms with Crippen LogP contribution in [-0.4, -0.2) is 23.2 Å². The van der Waals surface area contributed by atoms with Gasteiger partial charge in [0.1, 0.15) is 0 Å². The van der Waals surface area contributed by atoms with E-state index in [0.717, 1.165) is 50.7 Å². The third-order valence-electron chi connectivity index (χ3n) is 4.99. The molecule has 1 saturated carbocycles. The molecular formula is C18H21F2N3O. The highest BCUT2D eigenvalue weighted by Gasteiger charge is 2.32. The molecule has 128 valence electrons. The monoisotopic (exact) mass is 333 g/mol. The van der Waals surface area contributed by atoms with E-state index in [0.29, 0.717) is 11.8 Å². The van der Waals surface area contributed by atoms with Crippen LogP contribution in [0.25, 0.3) is 0 Å². The number of benzene rings is 1. The second-order valence-electron chi connectivity index (χ2n) is 7.06. The molecule has 24 heavy (non-hydrogen) atoms. The Morgan fingerprint density at radius 3 is 2.46 bits per heavy atom. The van der Waals surface area contributed by atoms with Gasteiger partial charge in [-0.15, -0.1) is 0 Å². The van der Waals surface area contributed by atoms with Crippen LogP contribution >= 0.6 is 0 Å². The van der Waals surface area contributed by atoms with Gasteiger partial charge in [-0.3, -0.25) is 0 Å². The third-order valence-corrected chi connectivity index (χ3v) is 4.99. The summed E-state index contributed by atoms with van der Waals surface area (Å²) >= 11 is 0. The Morgan fingerprint density at radius 2 is 1.79 bits per heavy atom. The number of piperidine rings is 1. The molecule has 1 aromatic carbocycles. The molecule has 4 rings (SSSR count). The smallest absolute Gasteiger partial charge is 0.270 e. The molecule has 1 aliphatic heterocycles. The molecule has 2 heterocycles. The Hall–Kier alpha value is -1.82. The maximum atomic E-state index is 13.3. The van der Waals surface area contributed by atoms with Crippen molar-refractivity contribution >= 4 is 0 Å². The standard InChI is InChI=1S/C18H21F2N3O/c1-18(19,20)15-6-4-11(5-7-15)13-8-14(10-21-9-13)17-22-16(23-24-17)12-2-3-12/h4-7,12-14,21H,2-3,8-10H2,1H3. The quantitative estimate of drug-likeness (QED) is 0.921. The minimum atomic E-state index is -2.80. The van der Waals surface area contributed by atoms with Crippen molar-refractivity contribution in [2.24, 2.45) is 0 Å². The number of nitrogens with one attached hydrogen (secondary N) is 1. The number of hydrogen-bond acceptors (Lipinski definition) is 4. The van der Waals surface area contributed by atoms with E-state index in [2.05, 4.69) is 15.5 Å². The van der Waals surface area contributed by atoms with Crippen LogP contribution in [0.3, 0.4) is 0 Å². The average molecular weight is 333 g/mol. The molecule has 2 aromatic rings. The lowest BCUT2D eigenvalue weighted by atomic mass is 9.85. The van der Waals surface area contributed by atoms with Gasteiger partial charge in [-0.1, -0.05) is 29.4 Å². The van der Waals surface area contributed by atoms with Crippen LogP contribution in [-0.2, 0) is 5.92 Å². The highest BCUT2D eigenvalue weighted by Crippen LogP contribution is 2.39. The first-order valence-electron chi connectivity index (χ1n) is 8.53. The summed E-state index contributed by atoms with van der Waals surface area (Å²) in [6, 6.07) is 6.67. The molecule has 0 bridgehead atoms. The Labute approximate surface area is 139 Å². The number of alkyl halides is 2. The zero-order valence-corrected chi connectivity index (χ0v) is 13.6. The zero-order chi connectivity index (χ0) is 16.7.